The average Bonchev–Trinajstić information content (AvgIpc) is 2.68. The van der Waals surface area contributed by atoms with Gasteiger partial charge in [-0.05, 0) is 73.7 Å². The molecule has 28 heavy (non-hydrogen) atoms. The fraction of sp³-hybridized carbons (Fsp3) is 0.217. The van der Waals surface area contributed by atoms with Crippen molar-refractivity contribution in [3.8, 4) is 0 Å². The summed E-state index contributed by atoms with van der Waals surface area (Å²) in [7, 11) is 0. The van der Waals surface area contributed by atoms with E-state index in [9.17, 15) is 19.7 Å². The molecule has 1 atom stereocenters. The predicted octanol–water partition coefficient (Wildman–Crippen LogP) is 5.27. The Labute approximate surface area is 164 Å². The summed E-state index contributed by atoms with van der Waals surface area (Å²) in [5.74, 6) is -1.08. The number of Topliss-reactive ketones (excluding diaryl/α,β-unsaturated/α-hetero) is 1. The van der Waals surface area contributed by atoms with Gasteiger partial charge in [0.25, 0.3) is 5.69 Å². The molecule has 0 aliphatic heterocycles. The maximum Gasteiger partial charge on any atom is 0.269 e. The Bertz CT molecular complexity index is 984. The van der Waals surface area contributed by atoms with Crippen LogP contribution < -0.4 is 0 Å². The second-order valence-corrected chi connectivity index (χ2v) is 6.90. The average molecular weight is 377 g/mol. The number of carbonyl (C=O) groups is 2. The summed E-state index contributed by atoms with van der Waals surface area (Å²) in [5.41, 5.74) is 5.16. The van der Waals surface area contributed by atoms with Crippen molar-refractivity contribution in [3.05, 3.63) is 81.4 Å². The lowest BCUT2D eigenvalue weighted by Crippen LogP contribution is -2.16. The number of hydrogen-bond acceptors (Lipinski definition) is 4. The van der Waals surface area contributed by atoms with Crippen LogP contribution in [0.2, 0.25) is 0 Å². The van der Waals surface area contributed by atoms with Crippen LogP contribution in [0.15, 0.2) is 49.0 Å². The van der Waals surface area contributed by atoms with Crippen molar-refractivity contribution >= 4 is 34.5 Å². The van der Waals surface area contributed by atoms with E-state index in [1.54, 1.807) is 26.0 Å². The zero-order valence-corrected chi connectivity index (χ0v) is 16.5. The van der Waals surface area contributed by atoms with Gasteiger partial charge in [-0.1, -0.05) is 24.3 Å². The Balaban J connectivity index is 2.75. The number of nitro groups is 1. The van der Waals surface area contributed by atoms with Crippen LogP contribution in [-0.4, -0.2) is 17.0 Å². The maximum atomic E-state index is 13.1. The third-order valence-electron chi connectivity index (χ3n) is 4.75. The van der Waals surface area contributed by atoms with Crippen LogP contribution in [0, 0.1) is 23.0 Å². The molecule has 0 heterocycles. The van der Waals surface area contributed by atoms with Gasteiger partial charge in [0.05, 0.1) is 10.8 Å². The first-order valence-corrected chi connectivity index (χ1v) is 8.89. The molecule has 0 aliphatic rings. The number of allylic oxidation sites excluding steroid dienone is 3. The zero-order valence-electron chi connectivity index (χ0n) is 16.5. The van der Waals surface area contributed by atoms with E-state index >= 15 is 0 Å². The van der Waals surface area contributed by atoms with E-state index in [0.29, 0.717) is 23.0 Å². The van der Waals surface area contributed by atoms with Crippen LogP contribution in [0.5, 0.6) is 0 Å². The molecule has 0 saturated heterocycles. The lowest BCUT2D eigenvalue weighted by molar-refractivity contribution is -0.384. The number of hydrogen-bond donors (Lipinski definition) is 0. The molecule has 0 aliphatic carbocycles. The molecule has 0 fully saturated rings. The van der Waals surface area contributed by atoms with E-state index in [1.165, 1.54) is 12.1 Å². The van der Waals surface area contributed by atoms with Gasteiger partial charge in [0.15, 0.2) is 5.78 Å². The fourth-order valence-corrected chi connectivity index (χ4v) is 2.94. The largest absolute Gasteiger partial charge is 0.303 e. The number of nitro benzene ring substituents is 1. The van der Waals surface area contributed by atoms with Crippen molar-refractivity contribution in [2.75, 3.05) is 0 Å². The van der Waals surface area contributed by atoms with Crippen LogP contribution in [0.25, 0.3) is 16.7 Å². The molecular weight excluding hydrogens is 354 g/mol. The Kier molecular flexibility index (Phi) is 6.41. The van der Waals surface area contributed by atoms with Crippen molar-refractivity contribution in [2.24, 2.45) is 5.92 Å². The van der Waals surface area contributed by atoms with Gasteiger partial charge in [0.1, 0.15) is 6.29 Å². The monoisotopic (exact) mass is 377 g/mol. The van der Waals surface area contributed by atoms with Gasteiger partial charge in [-0.25, -0.2) is 0 Å². The van der Waals surface area contributed by atoms with Crippen molar-refractivity contribution < 1.29 is 14.5 Å². The molecule has 2 aromatic rings. The summed E-state index contributed by atoms with van der Waals surface area (Å²) in [6, 6.07) is 11.8. The van der Waals surface area contributed by atoms with Crippen LogP contribution >= 0.6 is 0 Å². The molecule has 2 rings (SSSR count). The first kappa shape index (κ1) is 21.0. The fourth-order valence-electron chi connectivity index (χ4n) is 2.94. The van der Waals surface area contributed by atoms with Gasteiger partial charge >= 0.3 is 0 Å². The number of benzene rings is 2. The highest BCUT2D eigenvalue weighted by Gasteiger charge is 2.23. The van der Waals surface area contributed by atoms with Gasteiger partial charge in [-0.2, -0.15) is 0 Å². The molecule has 0 N–H and O–H groups in total. The third-order valence-corrected chi connectivity index (χ3v) is 4.75. The van der Waals surface area contributed by atoms with Crippen molar-refractivity contribution in [1.82, 2.24) is 0 Å². The van der Waals surface area contributed by atoms with E-state index in [0.717, 1.165) is 22.3 Å². The van der Waals surface area contributed by atoms with Gasteiger partial charge in [0.2, 0.25) is 0 Å². The molecule has 0 bridgehead atoms. The summed E-state index contributed by atoms with van der Waals surface area (Å²) >= 11 is 0. The van der Waals surface area contributed by atoms with Gasteiger partial charge < -0.3 is 4.79 Å². The number of ketones is 1. The Morgan fingerprint density at radius 1 is 1.11 bits per heavy atom. The molecule has 1 unspecified atom stereocenters. The third kappa shape index (κ3) is 4.31. The minimum absolute atomic E-state index is 0.0221. The van der Waals surface area contributed by atoms with E-state index in [4.69, 9.17) is 0 Å². The van der Waals surface area contributed by atoms with Gasteiger partial charge in [-0.15, -0.1) is 0 Å². The first-order valence-electron chi connectivity index (χ1n) is 8.89. The number of aryl methyl sites for hydroxylation is 1. The van der Waals surface area contributed by atoms with Crippen LogP contribution in [0.1, 0.15) is 43.0 Å². The molecule has 0 radical (unpaired) electrons. The van der Waals surface area contributed by atoms with Crippen LogP contribution in [0.4, 0.5) is 5.69 Å². The smallest absolute Gasteiger partial charge is 0.269 e. The quantitative estimate of drug-likeness (QED) is 0.164. The molecule has 0 aromatic heterocycles. The summed E-state index contributed by atoms with van der Waals surface area (Å²) < 4.78 is 0. The zero-order chi connectivity index (χ0) is 21.0. The molecular formula is C23H23NO4. The SMILES string of the molecule is C=C(C)c1ccc(C)c(/C(C(=O)C(C)C=O)=C(/C)c2ccc([N+](=O)[O-])cc2)c1. The van der Waals surface area contributed by atoms with E-state index in [1.807, 2.05) is 32.0 Å². The van der Waals surface area contributed by atoms with Crippen LogP contribution in [0.3, 0.4) is 0 Å². The number of carbonyl (C=O) groups excluding carboxylic acids is 2. The lowest BCUT2D eigenvalue weighted by atomic mass is 9.85. The number of non-ortho nitro benzene ring substituents is 1. The highest BCUT2D eigenvalue weighted by Crippen LogP contribution is 2.33. The van der Waals surface area contributed by atoms with Crippen LogP contribution in [-0.2, 0) is 9.59 Å². The minimum Gasteiger partial charge on any atom is -0.303 e. The second-order valence-electron chi connectivity index (χ2n) is 6.90. The molecule has 5 heteroatoms. The molecule has 144 valence electrons. The Morgan fingerprint density at radius 2 is 1.68 bits per heavy atom. The number of nitrogens with zero attached hydrogens (tertiary/aromatic N) is 1. The van der Waals surface area contributed by atoms with Crippen molar-refractivity contribution in [3.63, 3.8) is 0 Å². The summed E-state index contributed by atoms with van der Waals surface area (Å²) in [6.45, 7) is 11.1. The van der Waals surface area contributed by atoms with Gasteiger partial charge in [-0.3, -0.25) is 14.9 Å². The normalized spacial score (nSPS) is 12.7. The lowest BCUT2D eigenvalue weighted by Gasteiger charge is -2.17. The molecule has 2 aromatic carbocycles. The molecule has 5 nitrogen and oxygen atoms in total. The Hall–Kier alpha value is -3.34. The standard InChI is InChI=1S/C23H23NO4/c1-14(2)19-7-6-15(3)21(12-19)22(23(26)16(4)13-25)17(5)18-8-10-20(11-9-18)24(27)28/h6-13,16H,1H2,2-5H3/b22-17+. The van der Waals surface area contributed by atoms with E-state index in [-0.39, 0.29) is 11.5 Å². The van der Waals surface area contributed by atoms with Crippen molar-refractivity contribution in [2.45, 2.75) is 27.7 Å². The van der Waals surface area contributed by atoms with Crippen molar-refractivity contribution in [1.29, 1.82) is 0 Å². The maximum absolute atomic E-state index is 13.1. The topological polar surface area (TPSA) is 77.3 Å². The van der Waals surface area contributed by atoms with E-state index < -0.39 is 10.8 Å². The Morgan fingerprint density at radius 3 is 2.18 bits per heavy atom. The predicted molar refractivity (Wildman–Crippen MR) is 112 cm³/mol. The molecule has 0 spiro atoms. The van der Waals surface area contributed by atoms with Gasteiger partial charge in [0, 0.05) is 17.7 Å². The summed E-state index contributed by atoms with van der Waals surface area (Å²) in [4.78, 5) is 34.8. The van der Waals surface area contributed by atoms with E-state index in [2.05, 4.69) is 6.58 Å². The highest BCUT2D eigenvalue weighted by atomic mass is 16.6. The molecule has 0 amide bonds. The number of rotatable bonds is 7. The first-order chi connectivity index (χ1) is 13.2. The summed E-state index contributed by atoms with van der Waals surface area (Å²) in [6.07, 6.45) is 0.628. The number of aldehydes is 1. The second kappa shape index (κ2) is 8.57. The summed E-state index contributed by atoms with van der Waals surface area (Å²) in [5, 5.41) is 10.9. The molecule has 0 saturated carbocycles. The highest BCUT2D eigenvalue weighted by molar-refractivity contribution is 6.31. The minimum atomic E-state index is -0.795.